The van der Waals surface area contributed by atoms with Gasteiger partial charge in [0, 0.05) is 45.3 Å². The van der Waals surface area contributed by atoms with E-state index in [9.17, 15) is 0 Å². The summed E-state index contributed by atoms with van der Waals surface area (Å²) in [5.74, 6) is 0. The molecule has 0 bridgehead atoms. The highest BCUT2D eigenvalue weighted by atomic mass is 16.5. The number of ether oxygens (including phenoxy) is 1. The fourth-order valence-corrected chi connectivity index (χ4v) is 3.50. The summed E-state index contributed by atoms with van der Waals surface area (Å²) in [6.45, 7) is 12.7. The Morgan fingerprint density at radius 1 is 1.35 bits per heavy atom. The van der Waals surface area contributed by atoms with Crippen molar-refractivity contribution in [2.45, 2.75) is 19.4 Å². The zero-order valence-electron chi connectivity index (χ0n) is 11.0. The average Bonchev–Trinajstić information content (AvgIpc) is 2.76. The maximum atomic E-state index is 5.60. The summed E-state index contributed by atoms with van der Waals surface area (Å²) in [7, 11) is 0. The number of morpholine rings is 1. The number of rotatable bonds is 2. The van der Waals surface area contributed by atoms with Gasteiger partial charge in [-0.3, -0.25) is 9.80 Å². The fraction of sp³-hybridized carbons (Fsp3) is 1.00. The maximum Gasteiger partial charge on any atom is 0.0634 e. The van der Waals surface area contributed by atoms with Crippen LogP contribution in [0.3, 0.4) is 0 Å². The van der Waals surface area contributed by atoms with Crippen LogP contribution in [0.2, 0.25) is 0 Å². The molecule has 0 saturated carbocycles. The van der Waals surface area contributed by atoms with E-state index < -0.39 is 0 Å². The normalized spacial score (nSPS) is 40.4. The van der Waals surface area contributed by atoms with E-state index in [-0.39, 0.29) is 0 Å². The lowest BCUT2D eigenvalue weighted by Gasteiger charge is -2.45. The fourth-order valence-electron chi connectivity index (χ4n) is 3.50. The van der Waals surface area contributed by atoms with Crippen molar-refractivity contribution in [1.82, 2.24) is 15.1 Å². The quantitative estimate of drug-likeness (QED) is 0.734. The number of hydrogen-bond donors (Lipinski definition) is 1. The first kappa shape index (κ1) is 11.9. The van der Waals surface area contributed by atoms with Crippen molar-refractivity contribution in [3.8, 4) is 0 Å². The molecule has 0 aromatic carbocycles. The molecule has 3 aliphatic rings. The van der Waals surface area contributed by atoms with Crippen molar-refractivity contribution in [2.24, 2.45) is 5.41 Å². The second-order valence-corrected chi connectivity index (χ2v) is 6.24. The summed E-state index contributed by atoms with van der Waals surface area (Å²) in [5, 5.41) is 3.50. The summed E-state index contributed by atoms with van der Waals surface area (Å²) < 4.78 is 5.60. The van der Waals surface area contributed by atoms with Crippen LogP contribution >= 0.6 is 0 Å². The largest absolute Gasteiger partial charge is 0.378 e. The summed E-state index contributed by atoms with van der Waals surface area (Å²) >= 11 is 0. The first-order chi connectivity index (χ1) is 8.25. The topological polar surface area (TPSA) is 27.7 Å². The van der Waals surface area contributed by atoms with Crippen LogP contribution in [0.4, 0.5) is 0 Å². The van der Waals surface area contributed by atoms with Crippen LogP contribution in [0.5, 0.6) is 0 Å². The standard InChI is InChI=1S/C13H25N3O/c1-13(2-3-14-10-13)11-15-4-5-16-6-7-17-9-12(16)8-15/h12,14H,2-11H2,1H3. The summed E-state index contributed by atoms with van der Waals surface area (Å²) in [4.78, 5) is 5.26. The minimum atomic E-state index is 0.498. The molecule has 4 nitrogen and oxygen atoms in total. The van der Waals surface area contributed by atoms with Gasteiger partial charge < -0.3 is 10.1 Å². The molecular weight excluding hydrogens is 214 g/mol. The molecule has 0 aromatic rings. The highest BCUT2D eigenvalue weighted by Gasteiger charge is 2.35. The first-order valence-electron chi connectivity index (χ1n) is 7.00. The van der Waals surface area contributed by atoms with Gasteiger partial charge in [-0.2, -0.15) is 0 Å². The molecule has 1 N–H and O–H groups in total. The van der Waals surface area contributed by atoms with Gasteiger partial charge in [0.2, 0.25) is 0 Å². The third-order valence-corrected chi connectivity index (χ3v) is 4.58. The molecule has 0 spiro atoms. The van der Waals surface area contributed by atoms with Gasteiger partial charge in [-0.15, -0.1) is 0 Å². The number of hydrogen-bond acceptors (Lipinski definition) is 4. The molecule has 0 radical (unpaired) electrons. The van der Waals surface area contributed by atoms with Gasteiger partial charge in [-0.1, -0.05) is 6.92 Å². The van der Waals surface area contributed by atoms with E-state index in [1.165, 1.54) is 45.7 Å². The zero-order valence-corrected chi connectivity index (χ0v) is 11.0. The molecule has 0 aromatic heterocycles. The molecule has 17 heavy (non-hydrogen) atoms. The second-order valence-electron chi connectivity index (χ2n) is 6.24. The van der Waals surface area contributed by atoms with Crippen molar-refractivity contribution in [1.29, 1.82) is 0 Å². The van der Waals surface area contributed by atoms with Crippen molar-refractivity contribution in [3.63, 3.8) is 0 Å². The van der Waals surface area contributed by atoms with Crippen molar-refractivity contribution < 1.29 is 4.74 Å². The molecule has 3 aliphatic heterocycles. The van der Waals surface area contributed by atoms with Gasteiger partial charge >= 0.3 is 0 Å². The van der Waals surface area contributed by atoms with Gasteiger partial charge in [0.1, 0.15) is 0 Å². The van der Waals surface area contributed by atoms with Gasteiger partial charge in [-0.05, 0) is 18.4 Å². The van der Waals surface area contributed by atoms with Crippen LogP contribution in [0.15, 0.2) is 0 Å². The highest BCUT2D eigenvalue weighted by molar-refractivity contribution is 4.90. The molecule has 3 heterocycles. The van der Waals surface area contributed by atoms with Gasteiger partial charge in [0.15, 0.2) is 0 Å². The van der Waals surface area contributed by atoms with Crippen molar-refractivity contribution in [2.75, 3.05) is 59.0 Å². The van der Waals surface area contributed by atoms with Crippen LogP contribution in [-0.2, 0) is 4.74 Å². The van der Waals surface area contributed by atoms with E-state index in [0.29, 0.717) is 11.5 Å². The lowest BCUT2D eigenvalue weighted by atomic mass is 9.88. The van der Waals surface area contributed by atoms with Crippen LogP contribution < -0.4 is 5.32 Å². The molecule has 3 rings (SSSR count). The Labute approximate surface area is 104 Å². The average molecular weight is 239 g/mol. The second kappa shape index (κ2) is 4.84. The Bertz CT molecular complexity index is 265. The lowest BCUT2D eigenvalue weighted by Crippen LogP contribution is -2.59. The zero-order chi connectivity index (χ0) is 11.7. The maximum absolute atomic E-state index is 5.60. The van der Waals surface area contributed by atoms with E-state index in [0.717, 1.165) is 19.8 Å². The predicted molar refractivity (Wildman–Crippen MR) is 68.2 cm³/mol. The minimum Gasteiger partial charge on any atom is -0.378 e. The highest BCUT2D eigenvalue weighted by Crippen LogP contribution is 2.27. The van der Waals surface area contributed by atoms with Crippen LogP contribution in [0.25, 0.3) is 0 Å². The van der Waals surface area contributed by atoms with Crippen molar-refractivity contribution in [3.05, 3.63) is 0 Å². The number of fused-ring (bicyclic) bond motifs is 1. The first-order valence-corrected chi connectivity index (χ1v) is 7.00. The smallest absolute Gasteiger partial charge is 0.0634 e. The van der Waals surface area contributed by atoms with Gasteiger partial charge in [-0.25, -0.2) is 0 Å². The number of piperazine rings is 1. The lowest BCUT2D eigenvalue weighted by molar-refractivity contribution is -0.0500. The molecule has 0 amide bonds. The molecule has 4 heteroatoms. The van der Waals surface area contributed by atoms with E-state index in [4.69, 9.17) is 4.74 Å². The van der Waals surface area contributed by atoms with E-state index in [1.54, 1.807) is 0 Å². The molecule has 2 unspecified atom stereocenters. The third kappa shape index (κ3) is 2.65. The summed E-state index contributed by atoms with van der Waals surface area (Å²) in [6.07, 6.45) is 1.33. The molecule has 0 aliphatic carbocycles. The Morgan fingerprint density at radius 3 is 3.12 bits per heavy atom. The molecule has 98 valence electrons. The van der Waals surface area contributed by atoms with Gasteiger partial charge in [0.25, 0.3) is 0 Å². The van der Waals surface area contributed by atoms with Crippen molar-refractivity contribution >= 4 is 0 Å². The van der Waals surface area contributed by atoms with Crippen LogP contribution in [0, 0.1) is 5.41 Å². The summed E-state index contributed by atoms with van der Waals surface area (Å²) in [6, 6.07) is 0.649. The van der Waals surface area contributed by atoms with Crippen LogP contribution in [0.1, 0.15) is 13.3 Å². The van der Waals surface area contributed by atoms with Crippen LogP contribution in [-0.4, -0.2) is 74.9 Å². The molecule has 2 atom stereocenters. The molecular formula is C13H25N3O. The Kier molecular flexibility index (Phi) is 3.39. The molecule has 3 fully saturated rings. The Morgan fingerprint density at radius 2 is 2.29 bits per heavy atom. The number of nitrogens with zero attached hydrogens (tertiary/aromatic N) is 2. The van der Waals surface area contributed by atoms with Gasteiger partial charge in [0.05, 0.1) is 13.2 Å². The monoisotopic (exact) mass is 239 g/mol. The Balaban J connectivity index is 1.55. The van der Waals surface area contributed by atoms with E-state index in [2.05, 4.69) is 22.0 Å². The third-order valence-electron chi connectivity index (χ3n) is 4.58. The number of nitrogens with one attached hydrogen (secondary N) is 1. The SMILES string of the molecule is CC1(CN2CCN3CCOCC3C2)CCNC1. The molecule has 3 saturated heterocycles. The minimum absolute atomic E-state index is 0.498. The Hall–Kier alpha value is -0.160. The predicted octanol–water partition coefficient (Wildman–Crippen LogP) is 0.00240. The van der Waals surface area contributed by atoms with E-state index in [1.807, 2.05) is 0 Å². The summed E-state index contributed by atoms with van der Waals surface area (Å²) in [5.41, 5.74) is 0.498. The van der Waals surface area contributed by atoms with E-state index >= 15 is 0 Å².